The number of hydrogen-bond donors (Lipinski definition) is 1. The van der Waals surface area contributed by atoms with Crippen molar-refractivity contribution < 1.29 is 4.39 Å². The molecule has 1 aromatic carbocycles. The SMILES string of the molecule is CNCn1cnc2ccc(F)cc2c1=O. The van der Waals surface area contributed by atoms with Gasteiger partial charge in [0.05, 0.1) is 23.9 Å². The Hall–Kier alpha value is -1.75. The first-order chi connectivity index (χ1) is 7.22. The molecule has 0 aliphatic heterocycles. The van der Waals surface area contributed by atoms with E-state index in [1.807, 2.05) is 0 Å². The van der Waals surface area contributed by atoms with Crippen LogP contribution in [0.3, 0.4) is 0 Å². The van der Waals surface area contributed by atoms with Crippen LogP contribution in [0, 0.1) is 5.82 Å². The molecule has 0 saturated carbocycles. The van der Waals surface area contributed by atoms with Gasteiger partial charge in [0.15, 0.2) is 0 Å². The van der Waals surface area contributed by atoms with E-state index in [1.54, 1.807) is 7.05 Å². The number of rotatable bonds is 2. The molecule has 2 aromatic rings. The van der Waals surface area contributed by atoms with Gasteiger partial charge in [-0.2, -0.15) is 0 Å². The summed E-state index contributed by atoms with van der Waals surface area (Å²) in [6.07, 6.45) is 1.44. The molecule has 0 aliphatic carbocycles. The van der Waals surface area contributed by atoms with Crippen molar-refractivity contribution in [2.45, 2.75) is 6.67 Å². The van der Waals surface area contributed by atoms with Crippen molar-refractivity contribution in [3.8, 4) is 0 Å². The molecule has 1 N–H and O–H groups in total. The van der Waals surface area contributed by atoms with E-state index >= 15 is 0 Å². The zero-order valence-electron chi connectivity index (χ0n) is 8.20. The minimum Gasteiger partial charge on any atom is -0.303 e. The minimum absolute atomic E-state index is 0.242. The Morgan fingerprint density at radius 1 is 1.53 bits per heavy atom. The standard InChI is InChI=1S/C10H10FN3O/c1-12-5-14-6-13-9-3-2-7(11)4-8(9)10(14)15/h2-4,6,12H,5H2,1H3. The molecule has 0 radical (unpaired) electrons. The average molecular weight is 207 g/mol. The Morgan fingerprint density at radius 3 is 3.07 bits per heavy atom. The fourth-order valence-electron chi connectivity index (χ4n) is 1.41. The number of nitrogens with one attached hydrogen (secondary N) is 1. The van der Waals surface area contributed by atoms with E-state index < -0.39 is 5.82 Å². The second-order valence-corrected chi connectivity index (χ2v) is 3.19. The highest BCUT2D eigenvalue weighted by atomic mass is 19.1. The Balaban J connectivity index is 2.71. The molecule has 0 bridgehead atoms. The predicted molar refractivity (Wildman–Crippen MR) is 55.0 cm³/mol. The summed E-state index contributed by atoms with van der Waals surface area (Å²) < 4.78 is 14.3. The summed E-state index contributed by atoms with van der Waals surface area (Å²) in [5, 5.41) is 3.13. The second-order valence-electron chi connectivity index (χ2n) is 3.19. The smallest absolute Gasteiger partial charge is 0.262 e. The molecule has 0 saturated heterocycles. The Labute approximate surface area is 85.4 Å². The number of nitrogens with zero attached hydrogens (tertiary/aromatic N) is 2. The lowest BCUT2D eigenvalue weighted by molar-refractivity contribution is 0.592. The van der Waals surface area contributed by atoms with Crippen LogP contribution in [0.1, 0.15) is 0 Å². The van der Waals surface area contributed by atoms with Gasteiger partial charge in [-0.3, -0.25) is 9.36 Å². The average Bonchev–Trinajstić information content (AvgIpc) is 2.23. The van der Waals surface area contributed by atoms with Crippen molar-refractivity contribution in [3.05, 3.63) is 40.7 Å². The molecule has 2 rings (SSSR count). The summed E-state index contributed by atoms with van der Waals surface area (Å²) in [5.74, 6) is -0.427. The van der Waals surface area contributed by atoms with E-state index in [4.69, 9.17) is 0 Å². The zero-order chi connectivity index (χ0) is 10.8. The van der Waals surface area contributed by atoms with Crippen LogP contribution in [-0.4, -0.2) is 16.6 Å². The van der Waals surface area contributed by atoms with Gasteiger partial charge >= 0.3 is 0 Å². The maximum Gasteiger partial charge on any atom is 0.262 e. The Kier molecular flexibility index (Phi) is 2.47. The van der Waals surface area contributed by atoms with Crippen LogP contribution < -0.4 is 10.9 Å². The molecule has 0 unspecified atom stereocenters. The van der Waals surface area contributed by atoms with Gasteiger partial charge < -0.3 is 5.32 Å². The fraction of sp³-hybridized carbons (Fsp3) is 0.200. The van der Waals surface area contributed by atoms with Crippen molar-refractivity contribution in [2.75, 3.05) is 7.05 Å². The Morgan fingerprint density at radius 2 is 2.33 bits per heavy atom. The minimum atomic E-state index is -0.427. The monoisotopic (exact) mass is 207 g/mol. The van der Waals surface area contributed by atoms with Gasteiger partial charge in [0, 0.05) is 0 Å². The molecule has 1 aromatic heterocycles. The van der Waals surface area contributed by atoms with Crippen LogP contribution in [0.15, 0.2) is 29.3 Å². The lowest BCUT2D eigenvalue weighted by atomic mass is 10.2. The summed E-state index contributed by atoms with van der Waals surface area (Å²) in [7, 11) is 1.72. The van der Waals surface area contributed by atoms with E-state index in [1.165, 1.54) is 29.1 Å². The summed E-state index contributed by atoms with van der Waals surface area (Å²) in [6, 6.07) is 3.99. The van der Waals surface area contributed by atoms with Crippen molar-refractivity contribution in [1.82, 2.24) is 14.9 Å². The predicted octanol–water partition coefficient (Wildman–Crippen LogP) is 0.712. The second kappa shape index (κ2) is 3.78. The van der Waals surface area contributed by atoms with Crippen molar-refractivity contribution in [3.63, 3.8) is 0 Å². The topological polar surface area (TPSA) is 46.9 Å². The van der Waals surface area contributed by atoms with E-state index in [-0.39, 0.29) is 5.56 Å². The van der Waals surface area contributed by atoms with Gasteiger partial charge in [-0.25, -0.2) is 9.37 Å². The summed E-state index contributed by atoms with van der Waals surface area (Å²) in [5.41, 5.74) is 0.266. The van der Waals surface area contributed by atoms with Crippen LogP contribution in [0.5, 0.6) is 0 Å². The van der Waals surface area contributed by atoms with Crippen LogP contribution in [0.25, 0.3) is 10.9 Å². The van der Waals surface area contributed by atoms with Crippen molar-refractivity contribution in [1.29, 1.82) is 0 Å². The van der Waals surface area contributed by atoms with Gasteiger partial charge in [0.25, 0.3) is 5.56 Å². The molecule has 0 aliphatic rings. The van der Waals surface area contributed by atoms with Gasteiger partial charge in [0.2, 0.25) is 0 Å². The number of fused-ring (bicyclic) bond motifs is 1. The highest BCUT2D eigenvalue weighted by molar-refractivity contribution is 5.77. The third-order valence-corrected chi connectivity index (χ3v) is 2.11. The van der Waals surface area contributed by atoms with Crippen LogP contribution in [-0.2, 0) is 6.67 Å². The van der Waals surface area contributed by atoms with E-state index in [9.17, 15) is 9.18 Å². The highest BCUT2D eigenvalue weighted by Crippen LogP contribution is 2.07. The first kappa shape index (κ1) is 9.79. The van der Waals surface area contributed by atoms with Gasteiger partial charge in [-0.15, -0.1) is 0 Å². The van der Waals surface area contributed by atoms with E-state index in [0.717, 1.165) is 0 Å². The molecule has 0 atom stereocenters. The molecule has 0 spiro atoms. The number of halogens is 1. The maximum absolute atomic E-state index is 12.9. The highest BCUT2D eigenvalue weighted by Gasteiger charge is 2.04. The molecule has 5 heteroatoms. The fourth-order valence-corrected chi connectivity index (χ4v) is 1.41. The van der Waals surface area contributed by atoms with Crippen LogP contribution in [0.4, 0.5) is 4.39 Å². The first-order valence-electron chi connectivity index (χ1n) is 4.51. The van der Waals surface area contributed by atoms with Crippen molar-refractivity contribution >= 4 is 10.9 Å². The van der Waals surface area contributed by atoms with Crippen LogP contribution >= 0.6 is 0 Å². The number of hydrogen-bond acceptors (Lipinski definition) is 3. The quantitative estimate of drug-likeness (QED) is 0.789. The molecule has 0 amide bonds. The molecule has 15 heavy (non-hydrogen) atoms. The maximum atomic E-state index is 12.9. The van der Waals surface area contributed by atoms with E-state index in [2.05, 4.69) is 10.3 Å². The molecule has 78 valence electrons. The third-order valence-electron chi connectivity index (χ3n) is 2.11. The Bertz CT molecular complexity index is 550. The number of benzene rings is 1. The summed E-state index contributed by atoms with van der Waals surface area (Å²) in [4.78, 5) is 15.8. The summed E-state index contributed by atoms with van der Waals surface area (Å²) in [6.45, 7) is 0.359. The van der Waals surface area contributed by atoms with Gasteiger partial charge in [0.1, 0.15) is 5.82 Å². The van der Waals surface area contributed by atoms with Crippen LogP contribution in [0.2, 0.25) is 0 Å². The lowest BCUT2D eigenvalue weighted by Crippen LogP contribution is -2.26. The number of aromatic nitrogens is 2. The van der Waals surface area contributed by atoms with E-state index in [0.29, 0.717) is 17.6 Å². The normalized spacial score (nSPS) is 10.8. The molecular weight excluding hydrogens is 197 g/mol. The van der Waals surface area contributed by atoms with Gasteiger partial charge in [-0.05, 0) is 25.2 Å². The lowest BCUT2D eigenvalue weighted by Gasteiger charge is -2.04. The van der Waals surface area contributed by atoms with Gasteiger partial charge in [-0.1, -0.05) is 0 Å². The molecule has 4 nitrogen and oxygen atoms in total. The molecule has 0 fully saturated rings. The molecule has 1 heterocycles. The van der Waals surface area contributed by atoms with Crippen molar-refractivity contribution in [2.24, 2.45) is 0 Å². The zero-order valence-corrected chi connectivity index (χ0v) is 8.20. The summed E-state index contributed by atoms with van der Waals surface area (Å²) >= 11 is 0. The largest absolute Gasteiger partial charge is 0.303 e. The third kappa shape index (κ3) is 1.73. The first-order valence-corrected chi connectivity index (χ1v) is 4.51. The molecular formula is C10H10FN3O.